The summed E-state index contributed by atoms with van der Waals surface area (Å²) < 4.78 is 0. The van der Waals surface area contributed by atoms with Crippen LogP contribution in [0.25, 0.3) is 0 Å². The van der Waals surface area contributed by atoms with Crippen LogP contribution in [-0.2, 0) is 0 Å². The Morgan fingerprint density at radius 1 is 0.938 bits per heavy atom. The Kier molecular flexibility index (Phi) is 7.03. The zero-order valence-corrected chi connectivity index (χ0v) is 19.4. The van der Waals surface area contributed by atoms with Crippen molar-refractivity contribution in [3.8, 4) is 6.07 Å². The largest absolute Gasteiger partial charge is 0.361 e. The van der Waals surface area contributed by atoms with Crippen LogP contribution in [0.3, 0.4) is 0 Å². The van der Waals surface area contributed by atoms with Crippen molar-refractivity contribution < 1.29 is 4.79 Å². The van der Waals surface area contributed by atoms with Gasteiger partial charge in [-0.25, -0.2) is 0 Å². The van der Waals surface area contributed by atoms with Gasteiger partial charge in [0.05, 0.1) is 34.9 Å². The number of piperazine rings is 1. The Hall–Kier alpha value is -2.55. The minimum atomic E-state index is -0.00606. The second-order valence-corrected chi connectivity index (χ2v) is 8.98. The monoisotopic (exact) mass is 483 g/mol. The van der Waals surface area contributed by atoms with Gasteiger partial charge in [0.1, 0.15) is 0 Å². The van der Waals surface area contributed by atoms with Gasteiger partial charge in [-0.3, -0.25) is 9.69 Å². The Morgan fingerprint density at radius 2 is 1.62 bits per heavy atom. The first-order chi connectivity index (χ1) is 15.4. The van der Waals surface area contributed by atoms with Crippen LogP contribution in [-0.4, -0.2) is 36.9 Å². The van der Waals surface area contributed by atoms with E-state index in [-0.39, 0.29) is 11.8 Å². The Balaban J connectivity index is 1.57. The first-order valence-corrected chi connectivity index (χ1v) is 11.3. The van der Waals surface area contributed by atoms with Crippen molar-refractivity contribution in [3.05, 3.63) is 98.5 Å². The van der Waals surface area contributed by atoms with Gasteiger partial charge in [0.25, 0.3) is 0 Å². The number of carbonyl (C=O) groups is 1. The van der Waals surface area contributed by atoms with Gasteiger partial charge in [0, 0.05) is 35.2 Å². The maximum absolute atomic E-state index is 12.9. The molecule has 0 spiro atoms. The molecule has 4 nitrogen and oxygen atoms in total. The molecule has 1 heterocycles. The molecule has 0 aromatic heterocycles. The van der Waals surface area contributed by atoms with Crippen LogP contribution < -0.4 is 4.90 Å². The van der Waals surface area contributed by atoms with Gasteiger partial charge in [-0.15, -0.1) is 0 Å². The summed E-state index contributed by atoms with van der Waals surface area (Å²) in [6, 6.07) is 22.1. The molecule has 7 heteroatoms. The fraction of sp³-hybridized carbons (Fsp3) is 0.200. The van der Waals surface area contributed by atoms with Crippen molar-refractivity contribution in [1.82, 2.24) is 4.90 Å². The predicted molar refractivity (Wildman–Crippen MR) is 130 cm³/mol. The number of anilines is 1. The Labute approximate surface area is 202 Å². The molecule has 0 saturated carbocycles. The highest BCUT2D eigenvalue weighted by Crippen LogP contribution is 2.36. The molecule has 1 atom stereocenters. The molecule has 32 heavy (non-hydrogen) atoms. The van der Waals surface area contributed by atoms with Crippen LogP contribution in [0.5, 0.6) is 0 Å². The normalized spacial score (nSPS) is 16.6. The third-order valence-corrected chi connectivity index (χ3v) is 6.43. The minimum Gasteiger partial charge on any atom is -0.361 e. The molecule has 1 saturated heterocycles. The highest BCUT2D eigenvalue weighted by Gasteiger charge is 2.30. The van der Waals surface area contributed by atoms with Crippen molar-refractivity contribution in [2.75, 3.05) is 31.1 Å². The molecule has 1 fully saturated rings. The van der Waals surface area contributed by atoms with E-state index in [0.29, 0.717) is 52.4 Å². The van der Waals surface area contributed by atoms with E-state index >= 15 is 0 Å². The fourth-order valence-corrected chi connectivity index (χ4v) is 4.62. The molecule has 0 radical (unpaired) electrons. The lowest BCUT2D eigenvalue weighted by atomic mass is 10.0. The molecule has 0 unspecified atom stereocenters. The summed E-state index contributed by atoms with van der Waals surface area (Å²) in [7, 11) is 0. The number of nitrogens with zero attached hydrogens (tertiary/aromatic N) is 3. The van der Waals surface area contributed by atoms with Crippen LogP contribution in [0.15, 0.2) is 66.7 Å². The van der Waals surface area contributed by atoms with E-state index in [1.54, 1.807) is 30.3 Å². The van der Waals surface area contributed by atoms with E-state index in [4.69, 9.17) is 40.1 Å². The number of hydrogen-bond donors (Lipinski definition) is 0. The Morgan fingerprint density at radius 3 is 2.28 bits per heavy atom. The molecule has 0 amide bonds. The van der Waals surface area contributed by atoms with Crippen molar-refractivity contribution in [2.24, 2.45) is 0 Å². The van der Waals surface area contributed by atoms with Gasteiger partial charge >= 0.3 is 0 Å². The average molecular weight is 485 g/mol. The average Bonchev–Trinajstić information content (AvgIpc) is 2.80. The second-order valence-electron chi connectivity index (χ2n) is 7.70. The SMILES string of the molecule is N#Cc1ccc(C(=O)CN2CCN(c3ccc(Cl)cc3Cl)[C@H](c3ccc(Cl)cc3)C2)cc1. The maximum atomic E-state index is 12.9. The van der Waals surface area contributed by atoms with Crippen molar-refractivity contribution in [2.45, 2.75) is 6.04 Å². The highest BCUT2D eigenvalue weighted by atomic mass is 35.5. The maximum Gasteiger partial charge on any atom is 0.176 e. The molecule has 162 valence electrons. The number of Topliss-reactive ketones (excluding diaryl/α,β-unsaturated/α-hetero) is 1. The van der Waals surface area contributed by atoms with E-state index in [1.807, 2.05) is 36.4 Å². The minimum absolute atomic E-state index is 0.00606. The summed E-state index contributed by atoms with van der Waals surface area (Å²) in [5.41, 5.74) is 3.15. The summed E-state index contributed by atoms with van der Waals surface area (Å²) in [6.07, 6.45) is 0. The van der Waals surface area contributed by atoms with Gasteiger partial charge < -0.3 is 4.90 Å². The van der Waals surface area contributed by atoms with E-state index in [2.05, 4.69) is 15.9 Å². The standard InChI is InChI=1S/C25H20Cl3N3O/c26-20-7-5-18(6-8-20)24-15-30(16-25(32)19-3-1-17(14-29)2-4-19)11-12-31(24)23-10-9-21(27)13-22(23)28/h1-10,13,24H,11-12,15-16H2/t24-/m0/s1. The molecular weight excluding hydrogens is 465 g/mol. The summed E-state index contributed by atoms with van der Waals surface area (Å²) in [5, 5.41) is 10.8. The topological polar surface area (TPSA) is 47.3 Å². The van der Waals surface area contributed by atoms with Crippen LogP contribution >= 0.6 is 34.8 Å². The highest BCUT2D eigenvalue weighted by molar-refractivity contribution is 6.36. The number of halogens is 3. The van der Waals surface area contributed by atoms with E-state index < -0.39 is 0 Å². The van der Waals surface area contributed by atoms with Crippen LogP contribution in [0, 0.1) is 11.3 Å². The number of nitriles is 1. The second kappa shape index (κ2) is 9.94. The smallest absolute Gasteiger partial charge is 0.176 e. The third-order valence-electron chi connectivity index (χ3n) is 5.64. The molecule has 0 N–H and O–H groups in total. The van der Waals surface area contributed by atoms with Crippen LogP contribution in [0.1, 0.15) is 27.5 Å². The van der Waals surface area contributed by atoms with Crippen LogP contribution in [0.4, 0.5) is 5.69 Å². The van der Waals surface area contributed by atoms with E-state index in [9.17, 15) is 4.79 Å². The molecule has 1 aliphatic rings. The number of rotatable bonds is 5. The first-order valence-electron chi connectivity index (χ1n) is 10.2. The van der Waals surface area contributed by atoms with Crippen molar-refractivity contribution >= 4 is 46.3 Å². The molecule has 1 aliphatic heterocycles. The fourth-order valence-electron chi connectivity index (χ4n) is 3.98. The number of carbonyl (C=O) groups excluding carboxylic acids is 1. The lowest BCUT2D eigenvalue weighted by molar-refractivity contribution is 0.0914. The molecule has 0 aliphatic carbocycles. The number of hydrogen-bond acceptors (Lipinski definition) is 4. The van der Waals surface area contributed by atoms with E-state index in [0.717, 1.165) is 11.3 Å². The van der Waals surface area contributed by atoms with Gasteiger partial charge in [-0.1, -0.05) is 59.1 Å². The summed E-state index contributed by atoms with van der Waals surface area (Å²) in [5.74, 6) is 0.0299. The first kappa shape index (κ1) is 22.6. The molecule has 0 bridgehead atoms. The molecule has 3 aromatic rings. The van der Waals surface area contributed by atoms with Gasteiger partial charge in [-0.05, 0) is 48.0 Å². The molecule has 3 aromatic carbocycles. The van der Waals surface area contributed by atoms with Gasteiger partial charge in [0.15, 0.2) is 5.78 Å². The van der Waals surface area contributed by atoms with Crippen LogP contribution in [0.2, 0.25) is 15.1 Å². The zero-order valence-electron chi connectivity index (χ0n) is 17.1. The summed E-state index contributed by atoms with van der Waals surface area (Å²) >= 11 is 18.7. The summed E-state index contributed by atoms with van der Waals surface area (Å²) in [6.45, 7) is 2.38. The van der Waals surface area contributed by atoms with Gasteiger partial charge in [-0.2, -0.15) is 5.26 Å². The number of benzene rings is 3. The molecular formula is C25H20Cl3N3O. The van der Waals surface area contributed by atoms with Gasteiger partial charge in [0.2, 0.25) is 0 Å². The van der Waals surface area contributed by atoms with Crippen molar-refractivity contribution in [3.63, 3.8) is 0 Å². The molecule has 4 rings (SSSR count). The lowest BCUT2D eigenvalue weighted by Gasteiger charge is -2.43. The zero-order chi connectivity index (χ0) is 22.7. The third kappa shape index (κ3) is 5.09. The number of ketones is 1. The Bertz CT molecular complexity index is 1160. The van der Waals surface area contributed by atoms with E-state index in [1.165, 1.54) is 0 Å². The summed E-state index contributed by atoms with van der Waals surface area (Å²) in [4.78, 5) is 17.3. The predicted octanol–water partition coefficient (Wildman–Crippen LogP) is 6.26. The lowest BCUT2D eigenvalue weighted by Crippen LogP contribution is -2.50. The van der Waals surface area contributed by atoms with Crippen molar-refractivity contribution in [1.29, 1.82) is 5.26 Å². The quantitative estimate of drug-likeness (QED) is 0.401.